The van der Waals surface area contributed by atoms with Gasteiger partial charge in [0, 0.05) is 22.2 Å². The SMILES string of the molecule is COC(=O)/C(=C/C(N=[N+]=[N-])c1cccnc1)N=[N+]=[N-]. The summed E-state index contributed by atoms with van der Waals surface area (Å²) in [5.74, 6) is -0.820. The Morgan fingerprint density at radius 3 is 2.84 bits per heavy atom. The molecule has 19 heavy (non-hydrogen) atoms. The number of esters is 1. The normalized spacial score (nSPS) is 11.7. The van der Waals surface area contributed by atoms with Crippen molar-refractivity contribution in [1.82, 2.24) is 4.98 Å². The van der Waals surface area contributed by atoms with E-state index in [2.05, 4.69) is 29.8 Å². The highest BCUT2D eigenvalue weighted by atomic mass is 16.5. The van der Waals surface area contributed by atoms with E-state index >= 15 is 0 Å². The molecule has 9 heteroatoms. The lowest BCUT2D eigenvalue weighted by Gasteiger charge is -2.07. The number of carbonyl (C=O) groups excluding carboxylic acids is 1. The lowest BCUT2D eigenvalue weighted by atomic mass is 10.1. The summed E-state index contributed by atoms with van der Waals surface area (Å²) in [6.07, 6.45) is 4.23. The molecular formula is C10H9N7O2. The first-order chi connectivity index (χ1) is 9.22. The van der Waals surface area contributed by atoms with E-state index in [1.165, 1.54) is 12.3 Å². The third-order valence-corrected chi connectivity index (χ3v) is 2.06. The summed E-state index contributed by atoms with van der Waals surface area (Å²) >= 11 is 0. The average Bonchev–Trinajstić information content (AvgIpc) is 2.46. The molecule has 1 heterocycles. The Morgan fingerprint density at radius 1 is 1.53 bits per heavy atom. The molecule has 0 aliphatic rings. The van der Waals surface area contributed by atoms with E-state index in [1.807, 2.05) is 0 Å². The van der Waals surface area contributed by atoms with Crippen molar-refractivity contribution in [3.8, 4) is 0 Å². The molecule has 0 N–H and O–H groups in total. The smallest absolute Gasteiger partial charge is 0.339 e. The van der Waals surface area contributed by atoms with Gasteiger partial charge in [0.25, 0.3) is 0 Å². The Balaban J connectivity index is 3.22. The van der Waals surface area contributed by atoms with Gasteiger partial charge in [0.05, 0.1) is 13.2 Å². The standard InChI is InChI=1S/C10H9N7O2/c1-19-10(18)9(15-17-12)5-8(14-16-11)7-3-2-4-13-6-7/h2-6,8H,1H3/b9-5-. The lowest BCUT2D eigenvalue weighted by molar-refractivity contribution is -0.136. The zero-order valence-electron chi connectivity index (χ0n) is 9.91. The number of hydrogen-bond donors (Lipinski definition) is 0. The maximum atomic E-state index is 11.4. The van der Waals surface area contributed by atoms with Crippen LogP contribution >= 0.6 is 0 Å². The summed E-state index contributed by atoms with van der Waals surface area (Å²) in [4.78, 5) is 20.4. The van der Waals surface area contributed by atoms with Crippen LogP contribution in [0.25, 0.3) is 20.9 Å². The van der Waals surface area contributed by atoms with Crippen molar-refractivity contribution in [2.75, 3.05) is 7.11 Å². The topological polar surface area (TPSA) is 137 Å². The highest BCUT2D eigenvalue weighted by Gasteiger charge is 2.13. The van der Waals surface area contributed by atoms with Crippen LogP contribution in [0.1, 0.15) is 11.6 Å². The monoisotopic (exact) mass is 259 g/mol. The van der Waals surface area contributed by atoms with Crippen molar-refractivity contribution in [3.63, 3.8) is 0 Å². The molecule has 1 unspecified atom stereocenters. The number of carbonyl (C=O) groups is 1. The van der Waals surface area contributed by atoms with Gasteiger partial charge >= 0.3 is 5.97 Å². The molecule has 1 aromatic heterocycles. The summed E-state index contributed by atoms with van der Waals surface area (Å²) in [7, 11) is 1.15. The fraction of sp³-hybridized carbons (Fsp3) is 0.200. The highest BCUT2D eigenvalue weighted by Crippen LogP contribution is 2.20. The number of ether oxygens (including phenoxy) is 1. The molecule has 0 fully saturated rings. The molecule has 0 bridgehead atoms. The average molecular weight is 259 g/mol. The molecule has 0 saturated heterocycles. The molecule has 0 aromatic carbocycles. The Labute approximate surface area is 107 Å². The zero-order valence-corrected chi connectivity index (χ0v) is 9.91. The van der Waals surface area contributed by atoms with Crippen molar-refractivity contribution in [1.29, 1.82) is 0 Å². The molecule has 1 aromatic rings. The van der Waals surface area contributed by atoms with Gasteiger partial charge < -0.3 is 4.74 Å². The molecular weight excluding hydrogens is 250 g/mol. The predicted molar refractivity (Wildman–Crippen MR) is 65.4 cm³/mol. The first-order valence-corrected chi connectivity index (χ1v) is 5.02. The maximum absolute atomic E-state index is 11.4. The number of aromatic nitrogens is 1. The summed E-state index contributed by atoms with van der Waals surface area (Å²) in [5.41, 5.74) is 17.2. The third kappa shape index (κ3) is 4.04. The van der Waals surface area contributed by atoms with Crippen LogP contribution in [0.3, 0.4) is 0 Å². The molecule has 0 amide bonds. The molecule has 0 aliphatic heterocycles. The van der Waals surface area contributed by atoms with Crippen LogP contribution in [0.15, 0.2) is 46.5 Å². The predicted octanol–water partition coefficient (Wildman–Crippen LogP) is 2.80. The van der Waals surface area contributed by atoms with Crippen LogP contribution in [0.2, 0.25) is 0 Å². The van der Waals surface area contributed by atoms with Gasteiger partial charge in [-0.15, -0.1) is 0 Å². The van der Waals surface area contributed by atoms with Gasteiger partial charge in [-0.3, -0.25) is 4.98 Å². The van der Waals surface area contributed by atoms with Crippen LogP contribution in [-0.2, 0) is 9.53 Å². The second-order valence-electron chi connectivity index (χ2n) is 3.17. The molecule has 0 saturated carbocycles. The fourth-order valence-electron chi connectivity index (χ4n) is 1.25. The second kappa shape index (κ2) is 7.33. The lowest BCUT2D eigenvalue weighted by Crippen LogP contribution is -2.04. The number of nitrogens with zero attached hydrogens (tertiary/aromatic N) is 7. The van der Waals surface area contributed by atoms with Gasteiger partial charge in [-0.1, -0.05) is 22.4 Å². The summed E-state index contributed by atoms with van der Waals surface area (Å²) in [5, 5.41) is 6.71. The van der Waals surface area contributed by atoms with Gasteiger partial charge in [0.15, 0.2) is 0 Å². The number of hydrogen-bond acceptors (Lipinski definition) is 5. The van der Waals surface area contributed by atoms with Crippen LogP contribution in [0, 0.1) is 0 Å². The minimum atomic E-state index is -0.821. The number of pyridine rings is 1. The van der Waals surface area contributed by atoms with Crippen molar-refractivity contribution in [2.24, 2.45) is 10.2 Å². The minimum absolute atomic E-state index is 0.286. The molecule has 9 nitrogen and oxygen atoms in total. The quantitative estimate of drug-likeness (QED) is 0.264. The van der Waals surface area contributed by atoms with Crippen molar-refractivity contribution < 1.29 is 9.53 Å². The maximum Gasteiger partial charge on any atom is 0.339 e. The molecule has 0 radical (unpaired) electrons. The Kier molecular flexibility index (Phi) is 5.42. The highest BCUT2D eigenvalue weighted by molar-refractivity contribution is 5.88. The van der Waals surface area contributed by atoms with Crippen molar-refractivity contribution >= 4 is 5.97 Å². The molecule has 1 rings (SSSR count). The van der Waals surface area contributed by atoms with E-state index in [0.717, 1.165) is 7.11 Å². The molecule has 96 valence electrons. The zero-order chi connectivity index (χ0) is 14.1. The van der Waals surface area contributed by atoms with Crippen molar-refractivity contribution in [2.45, 2.75) is 6.04 Å². The fourth-order valence-corrected chi connectivity index (χ4v) is 1.25. The van der Waals surface area contributed by atoms with Gasteiger partial charge in [0.1, 0.15) is 5.70 Å². The van der Waals surface area contributed by atoms with Gasteiger partial charge in [-0.05, 0) is 22.7 Å². The van der Waals surface area contributed by atoms with E-state index < -0.39 is 12.0 Å². The largest absolute Gasteiger partial charge is 0.466 e. The van der Waals surface area contributed by atoms with Crippen LogP contribution < -0.4 is 0 Å². The molecule has 1 atom stereocenters. The summed E-state index contributed by atoms with van der Waals surface area (Å²) in [6, 6.07) is 2.49. The summed E-state index contributed by atoms with van der Waals surface area (Å²) < 4.78 is 4.46. The molecule has 0 spiro atoms. The van der Waals surface area contributed by atoms with E-state index in [-0.39, 0.29) is 5.70 Å². The summed E-state index contributed by atoms with van der Waals surface area (Å²) in [6.45, 7) is 0. The van der Waals surface area contributed by atoms with Crippen LogP contribution in [0.5, 0.6) is 0 Å². The van der Waals surface area contributed by atoms with E-state index in [9.17, 15) is 4.79 Å². The first kappa shape index (κ1) is 14.0. The van der Waals surface area contributed by atoms with Crippen LogP contribution in [-0.4, -0.2) is 18.1 Å². The van der Waals surface area contributed by atoms with Gasteiger partial charge in [-0.25, -0.2) is 4.79 Å². The third-order valence-electron chi connectivity index (χ3n) is 2.06. The van der Waals surface area contributed by atoms with Crippen LogP contribution in [0.4, 0.5) is 0 Å². The Hall–Kier alpha value is -3.02. The Bertz CT molecular complexity index is 571. The molecule has 0 aliphatic carbocycles. The second-order valence-corrected chi connectivity index (χ2v) is 3.17. The van der Waals surface area contributed by atoms with E-state index in [0.29, 0.717) is 5.56 Å². The van der Waals surface area contributed by atoms with E-state index in [4.69, 9.17) is 11.1 Å². The first-order valence-electron chi connectivity index (χ1n) is 5.02. The number of methoxy groups -OCH3 is 1. The van der Waals surface area contributed by atoms with Crippen molar-refractivity contribution in [3.05, 3.63) is 62.7 Å². The number of rotatable bonds is 5. The Morgan fingerprint density at radius 2 is 2.32 bits per heavy atom. The van der Waals surface area contributed by atoms with Gasteiger partial charge in [-0.2, -0.15) is 0 Å². The minimum Gasteiger partial charge on any atom is -0.466 e. The van der Waals surface area contributed by atoms with E-state index in [1.54, 1.807) is 18.3 Å². The van der Waals surface area contributed by atoms with Gasteiger partial charge in [0.2, 0.25) is 0 Å². The number of azide groups is 2.